The van der Waals surface area contributed by atoms with Gasteiger partial charge in [-0.3, -0.25) is 9.36 Å². The lowest BCUT2D eigenvalue weighted by atomic mass is 9.94. The predicted octanol–water partition coefficient (Wildman–Crippen LogP) is 2.56. The molecule has 2 rings (SSSR count). The van der Waals surface area contributed by atoms with E-state index in [1.165, 1.54) is 21.3 Å². The monoisotopic (exact) mass is 242 g/mol. The number of hydrogen-bond donors (Lipinski definition) is 1. The van der Waals surface area contributed by atoms with Gasteiger partial charge in [-0.15, -0.1) is 0 Å². The van der Waals surface area contributed by atoms with Crippen LogP contribution in [-0.2, 0) is 7.05 Å². The van der Waals surface area contributed by atoms with E-state index in [0.717, 1.165) is 11.1 Å². The molecule has 18 heavy (non-hydrogen) atoms. The molecule has 0 radical (unpaired) electrons. The molecule has 3 nitrogen and oxygen atoms in total. The highest BCUT2D eigenvalue weighted by molar-refractivity contribution is 5.70. The fourth-order valence-electron chi connectivity index (χ4n) is 2.08. The molecule has 0 aliphatic heterocycles. The van der Waals surface area contributed by atoms with Gasteiger partial charge in [-0.2, -0.15) is 0 Å². The first-order chi connectivity index (χ1) is 8.41. The Morgan fingerprint density at radius 1 is 1.06 bits per heavy atom. The van der Waals surface area contributed by atoms with E-state index >= 15 is 0 Å². The standard InChI is InChI=1S/C15H18N2O/c1-9-5-6-13(11(3)10(9)2)12-7-14(16)17(4)15(18)8-12/h5-8H,16H2,1-4H3. The summed E-state index contributed by atoms with van der Waals surface area (Å²) in [6, 6.07) is 7.60. The van der Waals surface area contributed by atoms with Gasteiger partial charge in [-0.1, -0.05) is 12.1 Å². The van der Waals surface area contributed by atoms with Crippen molar-refractivity contribution >= 4 is 5.82 Å². The zero-order valence-corrected chi connectivity index (χ0v) is 11.2. The third kappa shape index (κ3) is 1.92. The number of pyridine rings is 1. The average Bonchev–Trinajstić information content (AvgIpc) is 2.33. The molecule has 0 saturated carbocycles. The zero-order chi connectivity index (χ0) is 13.4. The Morgan fingerprint density at radius 2 is 1.72 bits per heavy atom. The molecular formula is C15H18N2O. The van der Waals surface area contributed by atoms with Crippen molar-refractivity contribution in [3.8, 4) is 11.1 Å². The molecule has 2 aromatic rings. The molecule has 0 atom stereocenters. The van der Waals surface area contributed by atoms with E-state index in [-0.39, 0.29) is 5.56 Å². The summed E-state index contributed by atoms with van der Waals surface area (Å²) >= 11 is 0. The number of benzene rings is 1. The van der Waals surface area contributed by atoms with E-state index in [1.54, 1.807) is 13.1 Å². The summed E-state index contributed by atoms with van der Waals surface area (Å²) in [4.78, 5) is 11.8. The van der Waals surface area contributed by atoms with Crippen LogP contribution < -0.4 is 11.3 Å². The summed E-state index contributed by atoms with van der Waals surface area (Å²) in [5.74, 6) is 0.482. The number of anilines is 1. The summed E-state index contributed by atoms with van der Waals surface area (Å²) < 4.78 is 1.44. The second-order valence-corrected chi connectivity index (χ2v) is 4.75. The van der Waals surface area contributed by atoms with Gasteiger partial charge in [0, 0.05) is 13.1 Å². The van der Waals surface area contributed by atoms with E-state index < -0.39 is 0 Å². The van der Waals surface area contributed by atoms with Gasteiger partial charge in [-0.25, -0.2) is 0 Å². The number of aromatic nitrogens is 1. The number of nitrogen functional groups attached to an aromatic ring is 1. The van der Waals surface area contributed by atoms with Gasteiger partial charge in [0.05, 0.1) is 0 Å². The van der Waals surface area contributed by atoms with E-state index in [4.69, 9.17) is 5.73 Å². The highest BCUT2D eigenvalue weighted by atomic mass is 16.1. The minimum absolute atomic E-state index is 0.0809. The fourth-order valence-corrected chi connectivity index (χ4v) is 2.08. The van der Waals surface area contributed by atoms with Crippen molar-refractivity contribution < 1.29 is 0 Å². The first kappa shape index (κ1) is 12.4. The molecule has 0 unspecified atom stereocenters. The number of hydrogen-bond acceptors (Lipinski definition) is 2. The Bertz CT molecular complexity index is 669. The maximum Gasteiger partial charge on any atom is 0.252 e. The first-order valence-electron chi connectivity index (χ1n) is 5.95. The SMILES string of the molecule is Cc1ccc(-c2cc(N)n(C)c(=O)c2)c(C)c1C. The van der Waals surface area contributed by atoms with Crippen molar-refractivity contribution in [3.05, 3.63) is 51.3 Å². The van der Waals surface area contributed by atoms with Crippen LogP contribution >= 0.6 is 0 Å². The molecule has 1 heterocycles. The molecule has 0 spiro atoms. The highest BCUT2D eigenvalue weighted by Gasteiger charge is 2.08. The number of aryl methyl sites for hydroxylation is 1. The van der Waals surface area contributed by atoms with Gasteiger partial charge in [0.25, 0.3) is 5.56 Å². The van der Waals surface area contributed by atoms with Crippen molar-refractivity contribution in [1.29, 1.82) is 0 Å². The Kier molecular flexibility index (Phi) is 2.99. The summed E-state index contributed by atoms with van der Waals surface area (Å²) in [7, 11) is 1.68. The largest absolute Gasteiger partial charge is 0.385 e. The zero-order valence-electron chi connectivity index (χ0n) is 11.2. The Balaban J connectivity index is 2.70. The normalized spacial score (nSPS) is 10.7. The lowest BCUT2D eigenvalue weighted by Crippen LogP contribution is -2.18. The van der Waals surface area contributed by atoms with Crippen LogP contribution in [-0.4, -0.2) is 4.57 Å². The third-order valence-electron chi connectivity index (χ3n) is 3.67. The van der Waals surface area contributed by atoms with Crippen LogP contribution in [0.3, 0.4) is 0 Å². The van der Waals surface area contributed by atoms with Crippen LogP contribution in [0.5, 0.6) is 0 Å². The van der Waals surface area contributed by atoms with Crippen molar-refractivity contribution in [3.63, 3.8) is 0 Å². The summed E-state index contributed by atoms with van der Waals surface area (Å²) in [5.41, 5.74) is 11.4. The van der Waals surface area contributed by atoms with Crippen LogP contribution in [0.25, 0.3) is 11.1 Å². The number of nitrogens with two attached hydrogens (primary N) is 1. The van der Waals surface area contributed by atoms with Crippen molar-refractivity contribution in [1.82, 2.24) is 4.57 Å². The number of nitrogens with zero attached hydrogens (tertiary/aromatic N) is 1. The third-order valence-corrected chi connectivity index (χ3v) is 3.67. The molecule has 0 saturated heterocycles. The minimum Gasteiger partial charge on any atom is -0.385 e. The van der Waals surface area contributed by atoms with Crippen LogP contribution in [0, 0.1) is 20.8 Å². The maximum atomic E-state index is 11.8. The van der Waals surface area contributed by atoms with Crippen molar-refractivity contribution in [2.75, 3.05) is 5.73 Å². The Labute approximate surface area is 107 Å². The van der Waals surface area contributed by atoms with E-state index in [0.29, 0.717) is 5.82 Å². The van der Waals surface area contributed by atoms with E-state index in [2.05, 4.69) is 26.8 Å². The second kappa shape index (κ2) is 4.33. The molecular weight excluding hydrogens is 224 g/mol. The molecule has 1 aromatic heterocycles. The molecule has 3 heteroatoms. The lowest BCUT2D eigenvalue weighted by Gasteiger charge is -2.12. The van der Waals surface area contributed by atoms with Gasteiger partial charge in [0.2, 0.25) is 0 Å². The molecule has 2 N–H and O–H groups in total. The summed E-state index contributed by atoms with van der Waals surface area (Å²) in [6.45, 7) is 6.26. The molecule has 0 aliphatic rings. The van der Waals surface area contributed by atoms with Crippen LogP contribution in [0.15, 0.2) is 29.1 Å². The molecule has 0 bridgehead atoms. The van der Waals surface area contributed by atoms with Gasteiger partial charge in [-0.05, 0) is 54.7 Å². The quantitative estimate of drug-likeness (QED) is 0.835. The molecule has 0 aliphatic carbocycles. The van der Waals surface area contributed by atoms with E-state index in [1.807, 2.05) is 12.1 Å². The Hall–Kier alpha value is -2.03. The molecule has 1 aromatic carbocycles. The van der Waals surface area contributed by atoms with Crippen LogP contribution in [0.4, 0.5) is 5.82 Å². The summed E-state index contributed by atoms with van der Waals surface area (Å²) in [5, 5.41) is 0. The smallest absolute Gasteiger partial charge is 0.252 e. The topological polar surface area (TPSA) is 48.0 Å². The van der Waals surface area contributed by atoms with Gasteiger partial charge in [0.1, 0.15) is 5.82 Å². The first-order valence-corrected chi connectivity index (χ1v) is 5.95. The van der Waals surface area contributed by atoms with Crippen molar-refractivity contribution in [2.45, 2.75) is 20.8 Å². The molecule has 0 amide bonds. The lowest BCUT2D eigenvalue weighted by molar-refractivity contribution is 0.876. The Morgan fingerprint density at radius 3 is 2.33 bits per heavy atom. The predicted molar refractivity (Wildman–Crippen MR) is 75.7 cm³/mol. The second-order valence-electron chi connectivity index (χ2n) is 4.75. The molecule has 0 fully saturated rings. The number of rotatable bonds is 1. The maximum absolute atomic E-state index is 11.8. The molecule has 94 valence electrons. The van der Waals surface area contributed by atoms with Gasteiger partial charge < -0.3 is 5.73 Å². The minimum atomic E-state index is -0.0809. The summed E-state index contributed by atoms with van der Waals surface area (Å²) in [6.07, 6.45) is 0. The van der Waals surface area contributed by atoms with Gasteiger partial charge >= 0.3 is 0 Å². The van der Waals surface area contributed by atoms with Crippen LogP contribution in [0.2, 0.25) is 0 Å². The van der Waals surface area contributed by atoms with Crippen molar-refractivity contribution in [2.24, 2.45) is 7.05 Å². The van der Waals surface area contributed by atoms with Crippen LogP contribution in [0.1, 0.15) is 16.7 Å². The fraction of sp³-hybridized carbons (Fsp3) is 0.267. The van der Waals surface area contributed by atoms with Gasteiger partial charge in [0.15, 0.2) is 0 Å². The van der Waals surface area contributed by atoms with E-state index in [9.17, 15) is 4.79 Å². The highest BCUT2D eigenvalue weighted by Crippen LogP contribution is 2.27. The average molecular weight is 242 g/mol.